The summed E-state index contributed by atoms with van der Waals surface area (Å²) in [5.74, 6) is -1.73. The summed E-state index contributed by atoms with van der Waals surface area (Å²) in [7, 11) is 0. The monoisotopic (exact) mass is 456 g/mol. The molecule has 0 spiro atoms. The number of hydrogen-bond acceptors (Lipinski definition) is 7. The zero-order valence-corrected chi connectivity index (χ0v) is 17.4. The number of carbonyl (C=O) groups is 3. The van der Waals surface area contributed by atoms with Crippen LogP contribution in [0.2, 0.25) is 5.02 Å². The number of amides is 4. The Kier molecular flexibility index (Phi) is 5.89. The van der Waals surface area contributed by atoms with Gasteiger partial charge in [-0.25, -0.2) is 9.69 Å². The van der Waals surface area contributed by atoms with Crippen molar-refractivity contribution in [3.8, 4) is 0 Å². The fourth-order valence-electron chi connectivity index (χ4n) is 3.50. The van der Waals surface area contributed by atoms with Crippen LogP contribution < -0.4 is 15.1 Å². The minimum absolute atomic E-state index is 0.192. The fourth-order valence-corrected chi connectivity index (χ4v) is 3.63. The zero-order chi connectivity index (χ0) is 22.8. The van der Waals surface area contributed by atoms with Gasteiger partial charge in [0.05, 0.1) is 23.8 Å². The lowest BCUT2D eigenvalue weighted by Crippen LogP contribution is -2.54. The molecule has 0 aromatic heterocycles. The van der Waals surface area contributed by atoms with Gasteiger partial charge in [0, 0.05) is 41.5 Å². The van der Waals surface area contributed by atoms with Crippen molar-refractivity contribution in [1.82, 2.24) is 5.32 Å². The number of barbiturate groups is 1. The van der Waals surface area contributed by atoms with Crippen molar-refractivity contribution in [3.05, 3.63) is 68.7 Å². The van der Waals surface area contributed by atoms with Crippen LogP contribution in [0.25, 0.3) is 6.08 Å². The predicted octanol–water partition coefficient (Wildman–Crippen LogP) is 2.75. The van der Waals surface area contributed by atoms with E-state index in [4.69, 9.17) is 16.3 Å². The van der Waals surface area contributed by atoms with Crippen LogP contribution in [-0.4, -0.2) is 49.1 Å². The molecule has 0 atom stereocenters. The lowest BCUT2D eigenvalue weighted by atomic mass is 10.0. The van der Waals surface area contributed by atoms with Gasteiger partial charge in [-0.3, -0.25) is 25.0 Å². The molecule has 2 aliphatic heterocycles. The smallest absolute Gasteiger partial charge is 0.335 e. The number of urea groups is 1. The van der Waals surface area contributed by atoms with Crippen molar-refractivity contribution in [2.45, 2.75) is 0 Å². The largest absolute Gasteiger partial charge is 0.378 e. The molecule has 2 aromatic rings. The van der Waals surface area contributed by atoms with E-state index in [1.807, 2.05) is 4.90 Å². The first-order valence-electron chi connectivity index (χ1n) is 9.63. The summed E-state index contributed by atoms with van der Waals surface area (Å²) in [4.78, 5) is 51.5. The summed E-state index contributed by atoms with van der Waals surface area (Å²) in [6.45, 7) is 2.05. The molecule has 32 heavy (non-hydrogen) atoms. The van der Waals surface area contributed by atoms with E-state index in [0.717, 1.165) is 4.90 Å². The third-order valence-electron chi connectivity index (χ3n) is 5.06. The van der Waals surface area contributed by atoms with Crippen LogP contribution in [0.15, 0.2) is 48.0 Å². The van der Waals surface area contributed by atoms with E-state index in [-0.39, 0.29) is 16.9 Å². The molecular weight excluding hydrogens is 440 g/mol. The van der Waals surface area contributed by atoms with E-state index in [9.17, 15) is 24.5 Å². The Labute approximate surface area is 187 Å². The van der Waals surface area contributed by atoms with E-state index < -0.39 is 22.8 Å². The van der Waals surface area contributed by atoms with Crippen LogP contribution in [0.1, 0.15) is 5.56 Å². The number of nitrogens with one attached hydrogen (secondary N) is 1. The van der Waals surface area contributed by atoms with Crippen molar-refractivity contribution in [3.63, 3.8) is 0 Å². The molecule has 2 aromatic carbocycles. The van der Waals surface area contributed by atoms with Crippen molar-refractivity contribution in [2.24, 2.45) is 0 Å². The number of benzene rings is 2. The van der Waals surface area contributed by atoms with Gasteiger partial charge < -0.3 is 9.64 Å². The van der Waals surface area contributed by atoms with Gasteiger partial charge >= 0.3 is 6.03 Å². The summed E-state index contributed by atoms with van der Waals surface area (Å²) >= 11 is 5.88. The summed E-state index contributed by atoms with van der Waals surface area (Å²) in [6.07, 6.45) is 1.27. The van der Waals surface area contributed by atoms with Gasteiger partial charge in [0.15, 0.2) is 0 Å². The van der Waals surface area contributed by atoms with Gasteiger partial charge in [0.25, 0.3) is 17.5 Å². The SMILES string of the molecule is O=C1NC(=O)N(c2ccc(Cl)cc2)C(=O)/C1=C\c1cc([N+](=O)[O-])ccc1N1CCOCC1. The van der Waals surface area contributed by atoms with Crippen LogP contribution >= 0.6 is 11.6 Å². The van der Waals surface area contributed by atoms with Gasteiger partial charge in [-0.2, -0.15) is 0 Å². The normalized spacial score (nSPS) is 18.2. The number of hydrogen-bond donors (Lipinski definition) is 1. The second-order valence-corrected chi connectivity index (χ2v) is 7.47. The number of nitro benzene ring substituents is 1. The van der Waals surface area contributed by atoms with Gasteiger partial charge in [0.2, 0.25) is 0 Å². The number of non-ortho nitro benzene ring substituents is 1. The zero-order valence-electron chi connectivity index (χ0n) is 16.6. The average molecular weight is 457 g/mol. The van der Waals surface area contributed by atoms with Crippen LogP contribution in [0.4, 0.5) is 21.9 Å². The van der Waals surface area contributed by atoms with Crippen molar-refractivity contribution < 1.29 is 24.0 Å². The number of nitrogens with zero attached hydrogens (tertiary/aromatic N) is 3. The average Bonchev–Trinajstić information content (AvgIpc) is 2.78. The number of ether oxygens (including phenoxy) is 1. The van der Waals surface area contributed by atoms with Gasteiger partial charge in [-0.15, -0.1) is 0 Å². The van der Waals surface area contributed by atoms with E-state index in [1.165, 1.54) is 42.5 Å². The molecule has 0 radical (unpaired) electrons. The van der Waals surface area contributed by atoms with Crippen LogP contribution in [0, 0.1) is 10.1 Å². The van der Waals surface area contributed by atoms with Gasteiger partial charge in [-0.05, 0) is 36.4 Å². The number of imide groups is 2. The molecule has 11 heteroatoms. The number of nitro groups is 1. The number of rotatable bonds is 4. The molecule has 1 N–H and O–H groups in total. The van der Waals surface area contributed by atoms with Crippen LogP contribution in [-0.2, 0) is 14.3 Å². The third kappa shape index (κ3) is 4.18. The maximum absolute atomic E-state index is 13.1. The second-order valence-electron chi connectivity index (χ2n) is 7.03. The summed E-state index contributed by atoms with van der Waals surface area (Å²) in [5.41, 5.74) is 0.632. The molecule has 2 aliphatic rings. The molecule has 10 nitrogen and oxygen atoms in total. The molecule has 4 rings (SSSR count). The highest BCUT2D eigenvalue weighted by molar-refractivity contribution is 6.39. The fraction of sp³-hybridized carbons (Fsp3) is 0.190. The standard InChI is InChI=1S/C21H17ClN4O6/c22-14-1-3-15(4-2-14)25-20(28)17(19(27)23-21(25)29)12-13-11-16(26(30)31)5-6-18(13)24-7-9-32-10-8-24/h1-6,11-12H,7-10H2,(H,23,27,29)/b17-12-. The Balaban J connectivity index is 1.78. The van der Waals surface area contributed by atoms with Crippen LogP contribution in [0.3, 0.4) is 0 Å². The number of anilines is 2. The number of morpholine rings is 1. The summed E-state index contributed by atoms with van der Waals surface area (Å²) in [6, 6.07) is 9.29. The van der Waals surface area contributed by atoms with Gasteiger partial charge in [0.1, 0.15) is 5.57 Å². The predicted molar refractivity (Wildman–Crippen MR) is 117 cm³/mol. The Morgan fingerprint density at radius 2 is 1.75 bits per heavy atom. The highest BCUT2D eigenvalue weighted by atomic mass is 35.5. The topological polar surface area (TPSA) is 122 Å². The number of halogens is 1. The minimum atomic E-state index is -0.896. The maximum atomic E-state index is 13.1. The number of carbonyl (C=O) groups excluding carboxylic acids is 3. The Hall–Kier alpha value is -3.76. The molecular formula is C21H17ClN4O6. The highest BCUT2D eigenvalue weighted by Gasteiger charge is 2.37. The van der Waals surface area contributed by atoms with Crippen LogP contribution in [0.5, 0.6) is 0 Å². The first kappa shape index (κ1) is 21.5. The van der Waals surface area contributed by atoms with E-state index in [0.29, 0.717) is 42.6 Å². The third-order valence-corrected chi connectivity index (χ3v) is 5.31. The Morgan fingerprint density at radius 1 is 1.06 bits per heavy atom. The van der Waals surface area contributed by atoms with Crippen molar-refractivity contribution >= 4 is 52.6 Å². The highest BCUT2D eigenvalue weighted by Crippen LogP contribution is 2.30. The molecule has 164 valence electrons. The minimum Gasteiger partial charge on any atom is -0.378 e. The first-order chi connectivity index (χ1) is 15.3. The molecule has 4 amide bonds. The van der Waals surface area contributed by atoms with E-state index in [2.05, 4.69) is 5.32 Å². The molecule has 2 saturated heterocycles. The molecule has 0 bridgehead atoms. The molecule has 0 unspecified atom stereocenters. The Morgan fingerprint density at radius 3 is 2.41 bits per heavy atom. The van der Waals surface area contributed by atoms with E-state index in [1.54, 1.807) is 6.07 Å². The molecule has 0 aliphatic carbocycles. The summed E-state index contributed by atoms with van der Waals surface area (Å²) in [5, 5.41) is 13.9. The molecule has 2 fully saturated rings. The van der Waals surface area contributed by atoms with Gasteiger partial charge in [-0.1, -0.05) is 11.6 Å². The van der Waals surface area contributed by atoms with E-state index >= 15 is 0 Å². The van der Waals surface area contributed by atoms with Crippen molar-refractivity contribution in [2.75, 3.05) is 36.1 Å². The molecule has 0 saturated carbocycles. The molecule has 2 heterocycles. The first-order valence-corrected chi connectivity index (χ1v) is 10.0. The maximum Gasteiger partial charge on any atom is 0.335 e. The lowest BCUT2D eigenvalue weighted by Gasteiger charge is -2.30. The quantitative estimate of drug-likeness (QED) is 0.325. The lowest BCUT2D eigenvalue weighted by molar-refractivity contribution is -0.384. The van der Waals surface area contributed by atoms with Crippen molar-refractivity contribution in [1.29, 1.82) is 0 Å². The Bertz CT molecular complexity index is 1140. The summed E-state index contributed by atoms with van der Waals surface area (Å²) < 4.78 is 5.35. The second kappa shape index (κ2) is 8.77.